The molecule has 1 fully saturated rings. The minimum absolute atomic E-state index is 0.271. The molecule has 0 N–H and O–H groups in total. The van der Waals surface area contributed by atoms with Crippen molar-refractivity contribution in [3.63, 3.8) is 0 Å². The van der Waals surface area contributed by atoms with Gasteiger partial charge in [0.15, 0.2) is 0 Å². The lowest BCUT2D eigenvalue weighted by Crippen LogP contribution is -2.23. The molecule has 0 saturated carbocycles. The van der Waals surface area contributed by atoms with Crippen LogP contribution >= 0.6 is 35.3 Å². The normalized spacial score (nSPS) is 18.2. The number of rotatable bonds is 6. The van der Waals surface area contributed by atoms with Crippen LogP contribution < -0.4 is 4.74 Å². The Morgan fingerprint density at radius 3 is 2.47 bits per heavy atom. The smallest absolute Gasteiger partial charge is 0.118 e. The van der Waals surface area contributed by atoms with E-state index in [0.29, 0.717) is 0 Å². The monoisotopic (exact) mass is 314 g/mol. The highest BCUT2D eigenvalue weighted by Crippen LogP contribution is 2.53. The quantitative estimate of drug-likeness (QED) is 0.693. The van der Waals surface area contributed by atoms with Crippen LogP contribution in [-0.2, 0) is 4.08 Å². The Kier molecular flexibility index (Phi) is 6.30. The molecule has 0 aromatic heterocycles. The van der Waals surface area contributed by atoms with Crippen LogP contribution in [0.2, 0.25) is 0 Å². The van der Waals surface area contributed by atoms with E-state index in [9.17, 15) is 0 Å². The van der Waals surface area contributed by atoms with Gasteiger partial charge in [-0.15, -0.1) is 23.5 Å². The first kappa shape index (κ1) is 15.5. The first-order valence-electron chi connectivity index (χ1n) is 6.81. The molecule has 0 atom stereocenters. The molecule has 1 aliphatic heterocycles. The second kappa shape index (κ2) is 7.75. The lowest BCUT2D eigenvalue weighted by Gasteiger charge is -2.36. The third-order valence-corrected chi connectivity index (χ3v) is 7.67. The van der Waals surface area contributed by atoms with Crippen LogP contribution in [0.15, 0.2) is 24.3 Å². The molecule has 1 heterocycles. The van der Waals surface area contributed by atoms with E-state index in [0.717, 1.165) is 5.75 Å². The average Bonchev–Trinajstić information content (AvgIpc) is 2.49. The standard InChI is InChI=1S/C15H22OS3/c1-3-17-12-9-15(18-10-4-11-19-15)13-5-7-14(16-2)8-6-13/h5-8H,3-4,9-12H2,1-2H3. The molecule has 0 unspecified atom stereocenters. The third-order valence-electron chi connectivity index (χ3n) is 3.27. The van der Waals surface area contributed by atoms with Crippen molar-refractivity contribution in [1.82, 2.24) is 0 Å². The fraction of sp³-hybridized carbons (Fsp3) is 0.600. The number of methoxy groups -OCH3 is 1. The molecule has 1 aromatic rings. The van der Waals surface area contributed by atoms with E-state index >= 15 is 0 Å². The Labute approximate surface area is 129 Å². The second-order valence-electron chi connectivity index (χ2n) is 4.48. The average molecular weight is 315 g/mol. The van der Waals surface area contributed by atoms with E-state index in [1.807, 2.05) is 0 Å². The molecule has 0 amide bonds. The molecule has 4 heteroatoms. The molecule has 19 heavy (non-hydrogen) atoms. The Morgan fingerprint density at radius 1 is 1.21 bits per heavy atom. The highest BCUT2D eigenvalue weighted by atomic mass is 32.2. The number of hydrogen-bond acceptors (Lipinski definition) is 4. The summed E-state index contributed by atoms with van der Waals surface area (Å²) in [6.07, 6.45) is 2.60. The molecule has 1 saturated heterocycles. The molecular weight excluding hydrogens is 292 g/mol. The maximum atomic E-state index is 5.27. The van der Waals surface area contributed by atoms with Gasteiger partial charge in [-0.2, -0.15) is 11.8 Å². The molecule has 1 aliphatic rings. The van der Waals surface area contributed by atoms with Crippen LogP contribution in [0.1, 0.15) is 25.3 Å². The summed E-state index contributed by atoms with van der Waals surface area (Å²) >= 11 is 6.32. The molecule has 0 radical (unpaired) electrons. The molecule has 0 aliphatic carbocycles. The van der Waals surface area contributed by atoms with E-state index in [4.69, 9.17) is 4.74 Å². The van der Waals surface area contributed by atoms with Crippen molar-refractivity contribution in [2.24, 2.45) is 0 Å². The van der Waals surface area contributed by atoms with E-state index in [1.54, 1.807) is 7.11 Å². The lowest BCUT2D eigenvalue weighted by molar-refractivity contribution is 0.414. The van der Waals surface area contributed by atoms with Crippen molar-refractivity contribution in [3.8, 4) is 5.75 Å². The van der Waals surface area contributed by atoms with Crippen LogP contribution in [-0.4, -0.2) is 30.1 Å². The second-order valence-corrected chi connectivity index (χ2v) is 8.92. The zero-order valence-electron chi connectivity index (χ0n) is 11.7. The van der Waals surface area contributed by atoms with Gasteiger partial charge in [0.05, 0.1) is 11.2 Å². The number of hydrogen-bond donors (Lipinski definition) is 0. The largest absolute Gasteiger partial charge is 0.497 e. The summed E-state index contributed by atoms with van der Waals surface area (Å²) in [7, 11) is 1.73. The number of thioether (sulfide) groups is 3. The molecule has 1 nitrogen and oxygen atoms in total. The molecule has 0 bridgehead atoms. The predicted molar refractivity (Wildman–Crippen MR) is 91.8 cm³/mol. The highest BCUT2D eigenvalue weighted by Gasteiger charge is 2.35. The first-order chi connectivity index (χ1) is 9.30. The van der Waals surface area contributed by atoms with Crippen molar-refractivity contribution >= 4 is 35.3 Å². The van der Waals surface area contributed by atoms with Crippen LogP contribution in [0.3, 0.4) is 0 Å². The van der Waals surface area contributed by atoms with E-state index in [-0.39, 0.29) is 4.08 Å². The van der Waals surface area contributed by atoms with Crippen LogP contribution in [0.25, 0.3) is 0 Å². The van der Waals surface area contributed by atoms with Gasteiger partial charge in [0.2, 0.25) is 0 Å². The van der Waals surface area contributed by atoms with Crippen molar-refractivity contribution in [2.75, 3.05) is 30.1 Å². The fourth-order valence-electron chi connectivity index (χ4n) is 2.23. The maximum Gasteiger partial charge on any atom is 0.118 e. The summed E-state index contributed by atoms with van der Waals surface area (Å²) < 4.78 is 5.54. The SMILES string of the molecule is CCSCCC1(c2ccc(OC)cc2)SCCCS1. The summed E-state index contributed by atoms with van der Waals surface area (Å²) in [5.74, 6) is 6.00. The first-order valence-corrected chi connectivity index (χ1v) is 9.93. The Bertz CT molecular complexity index is 371. The van der Waals surface area contributed by atoms with Gasteiger partial charge in [-0.25, -0.2) is 0 Å². The Balaban J connectivity index is 2.14. The van der Waals surface area contributed by atoms with Crippen molar-refractivity contribution in [2.45, 2.75) is 23.8 Å². The Morgan fingerprint density at radius 2 is 1.89 bits per heavy atom. The van der Waals surface area contributed by atoms with Gasteiger partial charge in [-0.3, -0.25) is 0 Å². The van der Waals surface area contributed by atoms with Crippen molar-refractivity contribution in [3.05, 3.63) is 29.8 Å². The van der Waals surface area contributed by atoms with Gasteiger partial charge >= 0.3 is 0 Å². The summed E-state index contributed by atoms with van der Waals surface area (Å²) in [6, 6.07) is 8.70. The summed E-state index contributed by atoms with van der Waals surface area (Å²) in [6.45, 7) is 2.24. The van der Waals surface area contributed by atoms with Crippen LogP contribution in [0.4, 0.5) is 0 Å². The molecule has 1 aromatic carbocycles. The van der Waals surface area contributed by atoms with Gasteiger partial charge in [-0.1, -0.05) is 19.1 Å². The number of ether oxygens (including phenoxy) is 1. The minimum atomic E-state index is 0.271. The van der Waals surface area contributed by atoms with Gasteiger partial charge in [0, 0.05) is 0 Å². The highest BCUT2D eigenvalue weighted by molar-refractivity contribution is 8.18. The Hall–Kier alpha value is 0.0700. The number of benzene rings is 1. The van der Waals surface area contributed by atoms with Crippen molar-refractivity contribution in [1.29, 1.82) is 0 Å². The van der Waals surface area contributed by atoms with E-state index in [2.05, 4.69) is 66.5 Å². The predicted octanol–water partition coefficient (Wildman–Crippen LogP) is 4.86. The fourth-order valence-corrected chi connectivity index (χ4v) is 6.57. The van der Waals surface area contributed by atoms with E-state index in [1.165, 1.54) is 41.4 Å². The van der Waals surface area contributed by atoms with Crippen LogP contribution in [0.5, 0.6) is 5.75 Å². The summed E-state index contributed by atoms with van der Waals surface area (Å²) in [5.41, 5.74) is 1.46. The van der Waals surface area contributed by atoms with E-state index < -0.39 is 0 Å². The molecule has 2 rings (SSSR count). The minimum Gasteiger partial charge on any atom is -0.497 e. The summed E-state index contributed by atoms with van der Waals surface area (Å²) in [4.78, 5) is 0. The van der Waals surface area contributed by atoms with Gasteiger partial charge in [0.25, 0.3) is 0 Å². The van der Waals surface area contributed by atoms with Crippen molar-refractivity contribution < 1.29 is 4.74 Å². The van der Waals surface area contributed by atoms with Gasteiger partial charge < -0.3 is 4.74 Å². The zero-order valence-corrected chi connectivity index (χ0v) is 14.1. The van der Waals surface area contributed by atoms with Gasteiger partial charge in [-0.05, 0) is 53.5 Å². The molecule has 0 spiro atoms. The summed E-state index contributed by atoms with van der Waals surface area (Å²) in [5, 5.41) is 0. The zero-order chi connectivity index (χ0) is 13.6. The van der Waals surface area contributed by atoms with Gasteiger partial charge in [0.1, 0.15) is 5.75 Å². The van der Waals surface area contributed by atoms with Crippen LogP contribution in [0, 0.1) is 0 Å². The third kappa shape index (κ3) is 4.02. The topological polar surface area (TPSA) is 9.23 Å². The molecule has 106 valence electrons. The molecular formula is C15H22OS3. The maximum absolute atomic E-state index is 5.27. The lowest BCUT2D eigenvalue weighted by atomic mass is 10.1.